The molecule has 0 aliphatic heterocycles. The van der Waals surface area contributed by atoms with Gasteiger partial charge in [0.25, 0.3) is 5.91 Å². The summed E-state index contributed by atoms with van der Waals surface area (Å²) in [6.45, 7) is 0.00849. The molecule has 42 heavy (non-hydrogen) atoms. The van der Waals surface area contributed by atoms with E-state index < -0.39 is 15.9 Å². The molecule has 0 fully saturated rings. The van der Waals surface area contributed by atoms with Crippen LogP contribution in [0.3, 0.4) is 0 Å². The number of thiazole rings is 1. The standard InChI is InChI=1S/C27H24ClN7O4S3/c1-34(2)42(38,39)20-12-10-17(11-13-20)25(37)29-15-23-32-33-27(35(23)19-7-5-6-18(28)14-19)40-16-24(36)31-26-30-21-8-3-4-9-22(21)41-26/h3-14H,15-16H2,1-2H3,(H,29,37)(H,30,31,36). The molecule has 2 heterocycles. The van der Waals surface area contributed by atoms with Crippen LogP contribution in [-0.2, 0) is 21.4 Å². The van der Waals surface area contributed by atoms with Crippen molar-refractivity contribution in [1.29, 1.82) is 0 Å². The Morgan fingerprint density at radius 3 is 2.50 bits per heavy atom. The highest BCUT2D eigenvalue weighted by molar-refractivity contribution is 7.99. The lowest BCUT2D eigenvalue weighted by molar-refractivity contribution is -0.113. The summed E-state index contributed by atoms with van der Waals surface area (Å²) in [7, 11) is -0.736. The third-order valence-electron chi connectivity index (χ3n) is 5.94. The van der Waals surface area contributed by atoms with E-state index in [0.29, 0.717) is 26.8 Å². The molecule has 2 aromatic heterocycles. The van der Waals surface area contributed by atoms with Gasteiger partial charge in [-0.15, -0.1) is 10.2 Å². The second-order valence-corrected chi connectivity index (χ2v) is 13.6. The number of para-hydroxylation sites is 1. The van der Waals surface area contributed by atoms with Crippen molar-refractivity contribution in [2.24, 2.45) is 0 Å². The minimum atomic E-state index is -3.61. The molecule has 0 bridgehead atoms. The fraction of sp³-hybridized carbons (Fsp3) is 0.148. The Labute approximate surface area is 255 Å². The van der Waals surface area contributed by atoms with E-state index in [2.05, 4.69) is 25.8 Å². The summed E-state index contributed by atoms with van der Waals surface area (Å²) in [6.07, 6.45) is 0. The summed E-state index contributed by atoms with van der Waals surface area (Å²) >= 11 is 8.81. The van der Waals surface area contributed by atoms with Gasteiger partial charge in [0.2, 0.25) is 15.9 Å². The number of halogens is 1. The highest BCUT2D eigenvalue weighted by atomic mass is 35.5. The number of fused-ring (bicyclic) bond motifs is 1. The lowest BCUT2D eigenvalue weighted by Gasteiger charge is -2.12. The molecule has 2 N–H and O–H groups in total. The summed E-state index contributed by atoms with van der Waals surface area (Å²) < 4.78 is 28.4. The Kier molecular flexibility index (Phi) is 8.89. The molecule has 3 aromatic carbocycles. The number of carbonyl (C=O) groups excluding carboxylic acids is 2. The van der Waals surface area contributed by atoms with Gasteiger partial charge in [0.1, 0.15) is 0 Å². The first-order chi connectivity index (χ1) is 20.1. The van der Waals surface area contributed by atoms with Gasteiger partial charge in [0, 0.05) is 24.7 Å². The van der Waals surface area contributed by atoms with Crippen LogP contribution < -0.4 is 10.6 Å². The van der Waals surface area contributed by atoms with Crippen molar-refractivity contribution in [3.63, 3.8) is 0 Å². The summed E-state index contributed by atoms with van der Waals surface area (Å²) in [6, 6.07) is 20.3. The number of aromatic nitrogens is 4. The summed E-state index contributed by atoms with van der Waals surface area (Å²) in [4.78, 5) is 30.1. The van der Waals surface area contributed by atoms with E-state index in [0.717, 1.165) is 14.5 Å². The maximum Gasteiger partial charge on any atom is 0.251 e. The minimum absolute atomic E-state index is 0.00849. The minimum Gasteiger partial charge on any atom is -0.345 e. The summed E-state index contributed by atoms with van der Waals surface area (Å²) in [5, 5.41) is 15.6. The average molecular weight is 642 g/mol. The van der Waals surface area contributed by atoms with Gasteiger partial charge in [-0.05, 0) is 54.6 Å². The van der Waals surface area contributed by atoms with Crippen LogP contribution in [0.15, 0.2) is 82.8 Å². The largest absolute Gasteiger partial charge is 0.345 e. The van der Waals surface area contributed by atoms with Gasteiger partial charge in [-0.1, -0.05) is 52.9 Å². The molecule has 216 valence electrons. The zero-order chi connectivity index (χ0) is 29.9. The molecular formula is C27H24ClN7O4S3. The molecule has 5 aromatic rings. The van der Waals surface area contributed by atoms with E-state index in [9.17, 15) is 18.0 Å². The van der Waals surface area contributed by atoms with Crippen LogP contribution in [-0.4, -0.2) is 64.1 Å². The molecule has 0 aliphatic rings. The maximum absolute atomic E-state index is 12.9. The first kappa shape index (κ1) is 29.7. The Hall–Kier alpha value is -3.82. The zero-order valence-electron chi connectivity index (χ0n) is 22.3. The van der Waals surface area contributed by atoms with Crippen molar-refractivity contribution in [3.05, 3.63) is 89.2 Å². The molecule has 0 saturated carbocycles. The molecule has 5 rings (SSSR count). The third-order valence-corrected chi connectivity index (χ3v) is 9.89. The molecule has 2 amide bonds. The number of rotatable bonds is 10. The predicted molar refractivity (Wildman–Crippen MR) is 164 cm³/mol. The van der Waals surface area contributed by atoms with Gasteiger partial charge < -0.3 is 10.6 Å². The van der Waals surface area contributed by atoms with Crippen LogP contribution in [0.1, 0.15) is 16.2 Å². The van der Waals surface area contributed by atoms with Gasteiger partial charge in [0.05, 0.1) is 33.1 Å². The molecule has 0 aliphatic carbocycles. The number of thioether (sulfide) groups is 1. The summed E-state index contributed by atoms with van der Waals surface area (Å²) in [5.41, 5.74) is 1.75. The van der Waals surface area contributed by atoms with Crippen LogP contribution >= 0.6 is 34.7 Å². The fourth-order valence-electron chi connectivity index (χ4n) is 3.84. The number of carbonyl (C=O) groups is 2. The van der Waals surface area contributed by atoms with Gasteiger partial charge in [-0.25, -0.2) is 17.7 Å². The van der Waals surface area contributed by atoms with Crippen LogP contribution in [0, 0.1) is 0 Å². The Bertz CT molecular complexity index is 1840. The molecular weight excluding hydrogens is 618 g/mol. The number of anilines is 1. The first-order valence-corrected chi connectivity index (χ1v) is 16.0. The lowest BCUT2D eigenvalue weighted by atomic mass is 10.2. The molecule has 0 atom stereocenters. The van der Waals surface area contributed by atoms with Crippen LogP contribution in [0.25, 0.3) is 15.9 Å². The number of sulfonamides is 1. The van der Waals surface area contributed by atoms with Crippen LogP contribution in [0.4, 0.5) is 5.13 Å². The highest BCUT2D eigenvalue weighted by Crippen LogP contribution is 2.27. The predicted octanol–water partition coefficient (Wildman–Crippen LogP) is 4.44. The Morgan fingerprint density at radius 2 is 1.79 bits per heavy atom. The number of hydrogen-bond donors (Lipinski definition) is 2. The van der Waals surface area contributed by atoms with Gasteiger partial charge in [-0.2, -0.15) is 0 Å². The topological polar surface area (TPSA) is 139 Å². The average Bonchev–Trinajstić information content (AvgIpc) is 3.58. The van der Waals surface area contributed by atoms with Crippen molar-refractivity contribution in [2.75, 3.05) is 25.2 Å². The van der Waals surface area contributed by atoms with E-state index in [1.165, 1.54) is 61.5 Å². The van der Waals surface area contributed by atoms with Crippen molar-refractivity contribution >= 4 is 71.9 Å². The molecule has 0 spiro atoms. The smallest absolute Gasteiger partial charge is 0.251 e. The second kappa shape index (κ2) is 12.6. The van der Waals surface area contributed by atoms with Gasteiger partial charge >= 0.3 is 0 Å². The van der Waals surface area contributed by atoms with E-state index in [-0.39, 0.29) is 28.7 Å². The van der Waals surface area contributed by atoms with Crippen LogP contribution in [0.2, 0.25) is 5.02 Å². The van der Waals surface area contributed by atoms with E-state index in [4.69, 9.17) is 11.6 Å². The first-order valence-electron chi connectivity index (χ1n) is 12.4. The number of nitrogens with zero attached hydrogens (tertiary/aromatic N) is 5. The Balaban J connectivity index is 1.30. The summed E-state index contributed by atoms with van der Waals surface area (Å²) in [5.74, 6) is -0.224. The number of nitrogens with one attached hydrogen (secondary N) is 2. The molecule has 11 nitrogen and oxygen atoms in total. The maximum atomic E-state index is 12.9. The molecule has 0 unspecified atom stereocenters. The van der Waals surface area contributed by atoms with Crippen molar-refractivity contribution < 1.29 is 18.0 Å². The fourth-order valence-corrected chi connectivity index (χ4v) is 6.58. The molecule has 15 heteroatoms. The zero-order valence-corrected chi connectivity index (χ0v) is 25.5. The van der Waals surface area contributed by atoms with Crippen molar-refractivity contribution in [3.8, 4) is 5.69 Å². The highest BCUT2D eigenvalue weighted by Gasteiger charge is 2.20. The SMILES string of the molecule is CN(C)S(=O)(=O)c1ccc(C(=O)NCc2nnc(SCC(=O)Nc3nc4ccccc4s3)n2-c2cccc(Cl)c2)cc1. The number of hydrogen-bond acceptors (Lipinski definition) is 9. The van der Waals surface area contributed by atoms with Crippen molar-refractivity contribution in [2.45, 2.75) is 16.6 Å². The third kappa shape index (κ3) is 6.63. The van der Waals surface area contributed by atoms with E-state index in [1.54, 1.807) is 22.8 Å². The molecule has 0 saturated heterocycles. The second-order valence-electron chi connectivity index (χ2n) is 9.03. The number of benzene rings is 3. The molecule has 0 radical (unpaired) electrons. The van der Waals surface area contributed by atoms with E-state index >= 15 is 0 Å². The quantitative estimate of drug-likeness (QED) is 0.213. The van der Waals surface area contributed by atoms with E-state index in [1.807, 2.05) is 30.3 Å². The monoisotopic (exact) mass is 641 g/mol. The van der Waals surface area contributed by atoms with Gasteiger partial charge in [0.15, 0.2) is 16.1 Å². The normalized spacial score (nSPS) is 11.6. The van der Waals surface area contributed by atoms with Crippen molar-refractivity contribution in [1.82, 2.24) is 29.4 Å². The van der Waals surface area contributed by atoms with Crippen LogP contribution in [0.5, 0.6) is 0 Å². The lowest BCUT2D eigenvalue weighted by Crippen LogP contribution is -2.25. The van der Waals surface area contributed by atoms with Gasteiger partial charge in [-0.3, -0.25) is 14.2 Å². The Morgan fingerprint density at radius 1 is 1.02 bits per heavy atom. The number of amides is 2.